The number of nitrogens with one attached hydrogen (secondary N) is 2. The first kappa shape index (κ1) is 18.0. The van der Waals surface area contributed by atoms with Crippen LogP contribution in [0.1, 0.15) is 20.3 Å². The van der Waals surface area contributed by atoms with E-state index in [2.05, 4.69) is 15.6 Å². The Morgan fingerprint density at radius 2 is 1.74 bits per heavy atom. The fraction of sp³-hybridized carbons (Fsp3) is 0.900. The van der Waals surface area contributed by atoms with Gasteiger partial charge in [0, 0.05) is 26.4 Å². The van der Waals surface area contributed by atoms with Crippen molar-refractivity contribution in [2.24, 2.45) is 4.99 Å². The molecule has 0 aromatic carbocycles. The van der Waals surface area contributed by atoms with Crippen LogP contribution in [0.25, 0.3) is 0 Å². The van der Waals surface area contributed by atoms with Gasteiger partial charge < -0.3 is 10.6 Å². The van der Waals surface area contributed by atoms with E-state index in [9.17, 15) is 21.6 Å². The van der Waals surface area contributed by atoms with E-state index in [0.717, 1.165) is 6.26 Å². The maximum Gasteiger partial charge on any atom is 0.390 e. The van der Waals surface area contributed by atoms with Gasteiger partial charge in [0.15, 0.2) is 15.8 Å². The fourth-order valence-corrected chi connectivity index (χ4v) is 1.31. The number of rotatable bonds is 5. The van der Waals surface area contributed by atoms with Crippen LogP contribution in [0.5, 0.6) is 0 Å². The van der Waals surface area contributed by atoms with Crippen LogP contribution >= 0.6 is 0 Å². The molecular formula is C10H20F3N3O2S. The molecule has 0 spiro atoms. The molecule has 0 saturated carbocycles. The Kier molecular flexibility index (Phi) is 6.11. The lowest BCUT2D eigenvalue weighted by atomic mass is 10.2. The van der Waals surface area contributed by atoms with Gasteiger partial charge in [-0.15, -0.1) is 0 Å². The van der Waals surface area contributed by atoms with Crippen molar-refractivity contribution >= 4 is 15.8 Å². The summed E-state index contributed by atoms with van der Waals surface area (Å²) in [6.45, 7) is 2.79. The zero-order valence-corrected chi connectivity index (χ0v) is 12.2. The summed E-state index contributed by atoms with van der Waals surface area (Å²) in [6.07, 6.45) is -4.12. The third kappa shape index (κ3) is 7.24. The van der Waals surface area contributed by atoms with Crippen molar-refractivity contribution in [2.75, 3.05) is 26.4 Å². The van der Waals surface area contributed by atoms with Crippen molar-refractivity contribution in [1.29, 1.82) is 0 Å². The largest absolute Gasteiger partial charge is 0.390 e. The second-order valence-electron chi connectivity index (χ2n) is 4.75. The highest BCUT2D eigenvalue weighted by Gasteiger charge is 2.30. The maximum absolute atomic E-state index is 12.0. The van der Waals surface area contributed by atoms with Gasteiger partial charge in [-0.3, -0.25) is 4.99 Å². The van der Waals surface area contributed by atoms with Crippen LogP contribution < -0.4 is 10.6 Å². The van der Waals surface area contributed by atoms with E-state index in [1.54, 1.807) is 0 Å². The monoisotopic (exact) mass is 303 g/mol. The van der Waals surface area contributed by atoms with Crippen LogP contribution in [0.4, 0.5) is 13.2 Å². The molecule has 114 valence electrons. The summed E-state index contributed by atoms with van der Waals surface area (Å²) in [6, 6.07) is 0. The second-order valence-corrected chi connectivity index (χ2v) is 7.40. The number of nitrogens with zero attached hydrogens (tertiary/aromatic N) is 1. The smallest absolute Gasteiger partial charge is 0.356 e. The normalized spacial score (nSPS) is 14.4. The molecule has 0 aromatic heterocycles. The molecule has 0 heterocycles. The van der Waals surface area contributed by atoms with Crippen LogP contribution in [0.2, 0.25) is 0 Å². The molecule has 0 aliphatic heterocycles. The highest BCUT2D eigenvalue weighted by Crippen LogP contribution is 2.18. The van der Waals surface area contributed by atoms with Crippen molar-refractivity contribution in [3.05, 3.63) is 0 Å². The third-order valence-electron chi connectivity index (χ3n) is 2.61. The average Bonchev–Trinajstić information content (AvgIpc) is 2.19. The molecule has 0 bridgehead atoms. The molecule has 0 rings (SSSR count). The molecule has 9 heteroatoms. The van der Waals surface area contributed by atoms with Gasteiger partial charge in [0.2, 0.25) is 0 Å². The average molecular weight is 303 g/mol. The number of hydrogen-bond acceptors (Lipinski definition) is 3. The molecule has 2 N–H and O–H groups in total. The molecule has 0 amide bonds. The van der Waals surface area contributed by atoms with Gasteiger partial charge in [-0.05, 0) is 13.8 Å². The summed E-state index contributed by atoms with van der Waals surface area (Å²) in [5.41, 5.74) is 0. The highest BCUT2D eigenvalue weighted by molar-refractivity contribution is 7.92. The highest BCUT2D eigenvalue weighted by atomic mass is 32.2. The van der Waals surface area contributed by atoms with Crippen LogP contribution in [-0.2, 0) is 9.84 Å². The van der Waals surface area contributed by atoms with Crippen molar-refractivity contribution in [3.8, 4) is 0 Å². The van der Waals surface area contributed by atoms with E-state index < -0.39 is 27.2 Å². The lowest BCUT2D eigenvalue weighted by molar-refractivity contribution is -0.132. The fourth-order valence-electron chi connectivity index (χ4n) is 0.971. The minimum Gasteiger partial charge on any atom is -0.356 e. The zero-order valence-electron chi connectivity index (χ0n) is 11.4. The van der Waals surface area contributed by atoms with Crippen LogP contribution in [0.15, 0.2) is 4.99 Å². The zero-order chi connectivity index (χ0) is 15.3. The molecule has 0 saturated heterocycles. The van der Waals surface area contributed by atoms with Gasteiger partial charge in [0.1, 0.15) is 0 Å². The summed E-state index contributed by atoms with van der Waals surface area (Å²) >= 11 is 0. The van der Waals surface area contributed by atoms with E-state index >= 15 is 0 Å². The van der Waals surface area contributed by atoms with Gasteiger partial charge in [0.25, 0.3) is 0 Å². The van der Waals surface area contributed by atoms with Crippen LogP contribution in [0, 0.1) is 0 Å². The summed E-state index contributed by atoms with van der Waals surface area (Å²) < 4.78 is 57.8. The molecule has 0 fully saturated rings. The number of guanidine groups is 1. The topological polar surface area (TPSA) is 70.6 Å². The van der Waals surface area contributed by atoms with Gasteiger partial charge in [-0.25, -0.2) is 8.42 Å². The van der Waals surface area contributed by atoms with E-state index in [1.165, 1.54) is 20.9 Å². The predicted molar refractivity (Wildman–Crippen MR) is 69.0 cm³/mol. The maximum atomic E-state index is 12.0. The first-order chi connectivity index (χ1) is 8.39. The Hall–Kier alpha value is -0.990. The van der Waals surface area contributed by atoms with E-state index in [4.69, 9.17) is 0 Å². The number of alkyl halides is 3. The minimum atomic E-state index is -4.24. The Morgan fingerprint density at radius 1 is 1.21 bits per heavy atom. The molecular weight excluding hydrogens is 283 g/mol. The van der Waals surface area contributed by atoms with E-state index in [-0.39, 0.29) is 19.0 Å². The van der Waals surface area contributed by atoms with Gasteiger partial charge in [-0.1, -0.05) is 0 Å². The molecule has 5 nitrogen and oxygen atoms in total. The first-order valence-corrected chi connectivity index (χ1v) is 7.49. The first-order valence-electron chi connectivity index (χ1n) is 5.60. The Morgan fingerprint density at radius 3 is 2.11 bits per heavy atom. The molecule has 0 aromatic rings. The van der Waals surface area contributed by atoms with Crippen molar-refractivity contribution < 1.29 is 21.6 Å². The summed E-state index contributed by atoms with van der Waals surface area (Å²) in [5.74, 6) is 0.140. The predicted octanol–water partition coefficient (Wildman–Crippen LogP) is 0.927. The summed E-state index contributed by atoms with van der Waals surface area (Å²) in [7, 11) is -1.88. The molecule has 0 aliphatic carbocycles. The number of halogens is 3. The Labute approximate surface area is 111 Å². The lowest BCUT2D eigenvalue weighted by Crippen LogP contribution is -2.48. The van der Waals surface area contributed by atoms with Gasteiger partial charge >= 0.3 is 6.18 Å². The summed E-state index contributed by atoms with van der Waals surface area (Å²) in [4.78, 5) is 3.73. The van der Waals surface area contributed by atoms with Gasteiger partial charge in [-0.2, -0.15) is 13.2 Å². The Bertz CT molecular complexity index is 416. The van der Waals surface area contributed by atoms with E-state index in [0.29, 0.717) is 0 Å². The van der Waals surface area contributed by atoms with Crippen molar-refractivity contribution in [1.82, 2.24) is 10.6 Å². The standard InChI is InChI=1S/C10H20F3N3O2S/c1-9(2,19(4,17)18)7-16-8(14-3)15-6-5-10(11,12)13/h5-7H2,1-4H3,(H2,14,15,16). The molecule has 0 radical (unpaired) electrons. The minimum absolute atomic E-state index is 0.0531. The molecule has 0 atom stereocenters. The van der Waals surface area contributed by atoms with Crippen molar-refractivity contribution in [2.45, 2.75) is 31.2 Å². The number of hydrogen-bond donors (Lipinski definition) is 2. The van der Waals surface area contributed by atoms with Crippen molar-refractivity contribution in [3.63, 3.8) is 0 Å². The molecule has 0 unspecified atom stereocenters. The quantitative estimate of drug-likeness (QED) is 0.585. The van der Waals surface area contributed by atoms with E-state index in [1.807, 2.05) is 0 Å². The SMILES string of the molecule is CN=C(NCCC(F)(F)F)NCC(C)(C)S(C)(=O)=O. The lowest BCUT2D eigenvalue weighted by Gasteiger charge is -2.24. The van der Waals surface area contributed by atoms with Crippen LogP contribution in [0.3, 0.4) is 0 Å². The molecule has 19 heavy (non-hydrogen) atoms. The third-order valence-corrected chi connectivity index (χ3v) is 4.76. The van der Waals surface area contributed by atoms with Gasteiger partial charge in [0.05, 0.1) is 11.2 Å². The number of aliphatic imine (C=N–C) groups is 1. The van der Waals surface area contributed by atoms with Crippen LogP contribution in [-0.4, -0.2) is 51.7 Å². The molecule has 0 aliphatic rings. The number of sulfone groups is 1. The Balaban J connectivity index is 4.31. The summed E-state index contributed by atoms with van der Waals surface area (Å²) in [5, 5.41) is 5.17. The second kappa shape index (κ2) is 6.44.